The molecule has 5 rings (SSSR count). The normalized spacial score (nSPS) is 19.7. The van der Waals surface area contributed by atoms with Crippen LogP contribution in [0.1, 0.15) is 67.1 Å². The molecule has 3 aromatic rings. The molecule has 0 N–H and O–H groups in total. The number of likely N-dealkylation sites (tertiary alicyclic amines) is 1. The van der Waals surface area contributed by atoms with Crippen LogP contribution in [0.25, 0.3) is 0 Å². The lowest BCUT2D eigenvalue weighted by atomic mass is 9.77. The van der Waals surface area contributed by atoms with E-state index >= 15 is 0 Å². The zero-order valence-corrected chi connectivity index (χ0v) is 18.5. The van der Waals surface area contributed by atoms with E-state index < -0.39 is 5.41 Å². The molecule has 33 heavy (non-hydrogen) atoms. The van der Waals surface area contributed by atoms with Gasteiger partial charge in [0.2, 0.25) is 5.91 Å². The summed E-state index contributed by atoms with van der Waals surface area (Å²) in [5, 5.41) is 0. The van der Waals surface area contributed by atoms with E-state index in [1.165, 1.54) is 18.2 Å². The molecule has 2 aliphatic rings. The van der Waals surface area contributed by atoms with Gasteiger partial charge < -0.3 is 4.90 Å². The van der Waals surface area contributed by atoms with Crippen molar-refractivity contribution < 1.29 is 13.6 Å². The molecular formula is C27H27F2N3O. The van der Waals surface area contributed by atoms with Crippen molar-refractivity contribution in [3.05, 3.63) is 95.1 Å². The Morgan fingerprint density at radius 2 is 1.85 bits per heavy atom. The third-order valence-corrected chi connectivity index (χ3v) is 7.09. The fourth-order valence-corrected chi connectivity index (χ4v) is 5.54. The second-order valence-corrected chi connectivity index (χ2v) is 9.17. The lowest BCUT2D eigenvalue weighted by molar-refractivity contribution is -0.138. The quantitative estimate of drug-likeness (QED) is 0.517. The largest absolute Gasteiger partial charge is 0.333 e. The molecule has 2 fully saturated rings. The van der Waals surface area contributed by atoms with Gasteiger partial charge in [0.15, 0.2) is 0 Å². The Hall–Kier alpha value is -3.15. The van der Waals surface area contributed by atoms with E-state index in [0.29, 0.717) is 31.4 Å². The number of halogens is 2. The van der Waals surface area contributed by atoms with Gasteiger partial charge in [0.1, 0.15) is 11.6 Å². The number of nitrogens with zero attached hydrogens (tertiary/aromatic N) is 3. The summed E-state index contributed by atoms with van der Waals surface area (Å²) in [6, 6.07) is 13.0. The fourth-order valence-electron chi connectivity index (χ4n) is 5.54. The average molecular weight is 448 g/mol. The molecule has 1 atom stereocenters. The number of hydrogen-bond acceptors (Lipinski definition) is 3. The molecule has 1 unspecified atom stereocenters. The minimum atomic E-state index is -0.805. The molecule has 1 amide bonds. The van der Waals surface area contributed by atoms with Crippen molar-refractivity contribution in [3.8, 4) is 0 Å². The number of rotatable bonds is 5. The Balaban J connectivity index is 1.43. The highest BCUT2D eigenvalue weighted by atomic mass is 19.1. The first kappa shape index (κ1) is 21.7. The molecule has 6 heteroatoms. The van der Waals surface area contributed by atoms with Crippen molar-refractivity contribution in [3.63, 3.8) is 0 Å². The molecule has 2 heterocycles. The molecule has 4 nitrogen and oxygen atoms in total. The van der Waals surface area contributed by atoms with Crippen molar-refractivity contribution in [2.75, 3.05) is 6.54 Å². The zero-order valence-electron chi connectivity index (χ0n) is 18.5. The highest BCUT2D eigenvalue weighted by molar-refractivity contribution is 5.89. The fraction of sp³-hybridized carbons (Fsp3) is 0.370. The van der Waals surface area contributed by atoms with E-state index in [2.05, 4.69) is 4.98 Å². The SMILES string of the molecule is O=C(N1CCCC1c1cncc(Cc2cccc(F)c2)n1)C1(c2ccccc2F)CCCC1. The number of aromatic nitrogens is 2. The van der Waals surface area contributed by atoms with Gasteiger partial charge in [-0.15, -0.1) is 0 Å². The smallest absolute Gasteiger partial charge is 0.233 e. The number of carbonyl (C=O) groups is 1. The number of amides is 1. The van der Waals surface area contributed by atoms with Gasteiger partial charge >= 0.3 is 0 Å². The van der Waals surface area contributed by atoms with Crippen molar-refractivity contribution in [1.82, 2.24) is 14.9 Å². The Kier molecular flexibility index (Phi) is 5.92. The summed E-state index contributed by atoms with van der Waals surface area (Å²) in [7, 11) is 0. The number of hydrogen-bond donors (Lipinski definition) is 0. The second kappa shape index (κ2) is 9.00. The van der Waals surface area contributed by atoms with Crippen LogP contribution in [0, 0.1) is 11.6 Å². The third-order valence-electron chi connectivity index (χ3n) is 7.09. The lowest BCUT2D eigenvalue weighted by Crippen LogP contribution is -2.45. The van der Waals surface area contributed by atoms with Crippen LogP contribution in [0.5, 0.6) is 0 Å². The van der Waals surface area contributed by atoms with Crippen LogP contribution in [0.2, 0.25) is 0 Å². The topological polar surface area (TPSA) is 46.1 Å². The van der Waals surface area contributed by atoms with Gasteiger partial charge in [0.25, 0.3) is 0 Å². The molecule has 1 aliphatic carbocycles. The molecule has 0 bridgehead atoms. The van der Waals surface area contributed by atoms with Gasteiger partial charge in [-0.1, -0.05) is 43.2 Å². The second-order valence-electron chi connectivity index (χ2n) is 9.17. The van der Waals surface area contributed by atoms with Crippen molar-refractivity contribution >= 4 is 5.91 Å². The Morgan fingerprint density at radius 1 is 1.03 bits per heavy atom. The summed E-state index contributed by atoms with van der Waals surface area (Å²) >= 11 is 0. The van der Waals surface area contributed by atoms with Crippen LogP contribution in [-0.2, 0) is 16.6 Å². The summed E-state index contributed by atoms with van der Waals surface area (Å²) in [6.45, 7) is 0.634. The molecule has 1 aliphatic heterocycles. The Morgan fingerprint density at radius 3 is 2.64 bits per heavy atom. The van der Waals surface area contributed by atoms with Crippen LogP contribution in [-0.4, -0.2) is 27.3 Å². The van der Waals surface area contributed by atoms with E-state index in [9.17, 15) is 13.6 Å². The molecule has 2 aromatic carbocycles. The molecule has 170 valence electrons. The predicted molar refractivity (Wildman–Crippen MR) is 121 cm³/mol. The first-order valence-electron chi connectivity index (χ1n) is 11.7. The van der Waals surface area contributed by atoms with E-state index in [-0.39, 0.29) is 23.6 Å². The first-order chi connectivity index (χ1) is 16.1. The molecule has 0 spiro atoms. The van der Waals surface area contributed by atoms with Gasteiger partial charge in [0.05, 0.1) is 29.0 Å². The Labute approximate surface area is 192 Å². The molecule has 1 saturated heterocycles. The summed E-state index contributed by atoms with van der Waals surface area (Å²) in [5.74, 6) is -0.579. The van der Waals surface area contributed by atoms with Crippen LogP contribution in [0.15, 0.2) is 60.9 Å². The summed E-state index contributed by atoms with van der Waals surface area (Å²) in [4.78, 5) is 25.1. The van der Waals surface area contributed by atoms with Gasteiger partial charge in [-0.3, -0.25) is 14.8 Å². The van der Waals surface area contributed by atoms with Crippen molar-refractivity contribution in [2.45, 2.75) is 56.4 Å². The standard InChI is InChI=1S/C27H27F2N3O/c28-20-8-5-7-19(15-20)16-21-17-30-18-24(31-21)25-11-6-14-32(25)26(33)27(12-3-4-13-27)22-9-1-2-10-23(22)29/h1-2,5,7-10,15,17-18,25H,3-4,6,11-14,16H2. The summed E-state index contributed by atoms with van der Waals surface area (Å²) in [5.41, 5.74) is 2.02. The van der Waals surface area contributed by atoms with Crippen LogP contribution < -0.4 is 0 Å². The third kappa shape index (κ3) is 4.14. The van der Waals surface area contributed by atoms with Crippen LogP contribution in [0.4, 0.5) is 8.78 Å². The maximum atomic E-state index is 14.8. The molecular weight excluding hydrogens is 420 g/mol. The van der Waals surface area contributed by atoms with E-state index in [1.807, 2.05) is 17.0 Å². The summed E-state index contributed by atoms with van der Waals surface area (Å²) < 4.78 is 28.4. The molecule has 1 saturated carbocycles. The van der Waals surface area contributed by atoms with E-state index in [1.54, 1.807) is 30.6 Å². The van der Waals surface area contributed by atoms with Gasteiger partial charge in [-0.25, -0.2) is 8.78 Å². The van der Waals surface area contributed by atoms with Gasteiger partial charge in [-0.05, 0) is 49.4 Å². The van der Waals surface area contributed by atoms with E-state index in [0.717, 1.165) is 42.6 Å². The summed E-state index contributed by atoms with van der Waals surface area (Å²) in [6.07, 6.45) is 8.73. The van der Waals surface area contributed by atoms with Gasteiger partial charge in [-0.2, -0.15) is 0 Å². The van der Waals surface area contributed by atoms with Gasteiger partial charge in [0, 0.05) is 24.7 Å². The predicted octanol–water partition coefficient (Wildman–Crippen LogP) is 5.52. The molecule has 0 radical (unpaired) electrons. The zero-order chi connectivity index (χ0) is 22.8. The van der Waals surface area contributed by atoms with Crippen molar-refractivity contribution in [1.29, 1.82) is 0 Å². The first-order valence-corrected chi connectivity index (χ1v) is 11.7. The van der Waals surface area contributed by atoms with Crippen LogP contribution >= 0.6 is 0 Å². The Bertz CT molecular complexity index is 1160. The lowest BCUT2D eigenvalue weighted by Gasteiger charge is -2.36. The highest BCUT2D eigenvalue weighted by Crippen LogP contribution is 2.46. The maximum absolute atomic E-state index is 14.8. The minimum Gasteiger partial charge on any atom is -0.333 e. The number of benzene rings is 2. The average Bonchev–Trinajstić information content (AvgIpc) is 3.50. The number of carbonyl (C=O) groups excluding carboxylic acids is 1. The molecule has 1 aromatic heterocycles. The maximum Gasteiger partial charge on any atom is 0.233 e. The van der Waals surface area contributed by atoms with Crippen LogP contribution in [0.3, 0.4) is 0 Å². The van der Waals surface area contributed by atoms with E-state index in [4.69, 9.17) is 4.98 Å². The highest BCUT2D eigenvalue weighted by Gasteiger charge is 2.48. The monoisotopic (exact) mass is 447 g/mol. The minimum absolute atomic E-state index is 0.00457. The van der Waals surface area contributed by atoms with Crippen molar-refractivity contribution in [2.24, 2.45) is 0 Å².